The molecule has 1 aliphatic rings. The monoisotopic (exact) mass is 515 g/mol. The van der Waals surface area contributed by atoms with Crippen molar-refractivity contribution < 1.29 is 22.6 Å². The largest absolute Gasteiger partial charge is 0.388 e. The van der Waals surface area contributed by atoms with Gasteiger partial charge in [-0.1, -0.05) is 55.5 Å². The molecule has 0 aromatic heterocycles. The second kappa shape index (κ2) is 12.9. The number of fused-ring (bicyclic) bond motifs is 2. The lowest BCUT2D eigenvalue weighted by molar-refractivity contribution is -0.107. The molecule has 0 bridgehead atoms. The first kappa shape index (κ1) is 28.7. The Morgan fingerprint density at radius 2 is 1.66 bits per heavy atom. The summed E-state index contributed by atoms with van der Waals surface area (Å²) < 4.78 is 35.7. The number of hydrogen-bond acceptors (Lipinski definition) is 6. The molecule has 1 N–H and O–H groups in total. The highest BCUT2D eigenvalue weighted by molar-refractivity contribution is 7.88. The molecule has 6 nitrogen and oxygen atoms in total. The van der Waals surface area contributed by atoms with Gasteiger partial charge in [0.2, 0.25) is 0 Å². The van der Waals surface area contributed by atoms with Gasteiger partial charge in [0.05, 0.1) is 28.9 Å². The molecule has 0 radical (unpaired) electrons. The minimum atomic E-state index is -3.65. The minimum Gasteiger partial charge on any atom is -0.388 e. The summed E-state index contributed by atoms with van der Waals surface area (Å²) >= 11 is 0. The number of anilines is 1. The van der Waals surface area contributed by atoms with Gasteiger partial charge in [-0.05, 0) is 60.9 Å². The minimum absolute atomic E-state index is 0. The number of nitrogens with one attached hydrogen (secondary N) is 1. The number of carbonyl (C=O) groups excluding carboxylic acids is 1. The molecule has 1 heterocycles. The molecule has 2 unspecified atom stereocenters. The lowest BCUT2D eigenvalue weighted by Gasteiger charge is -2.23. The topological polar surface area (TPSA) is 81.7 Å². The molecular weight excluding hydrogens is 481 g/mol. The van der Waals surface area contributed by atoms with E-state index in [1.54, 1.807) is 19.9 Å². The summed E-state index contributed by atoms with van der Waals surface area (Å²) in [5.74, 6) is 0. The molecule has 4 rings (SSSR count). The fraction of sp³-hybridized carbons (Fsp3) is 0.296. The quantitative estimate of drug-likeness (QED) is 0.262. The Hall–Kier alpha value is -2.57. The molecule has 1 aliphatic heterocycles. The molecule has 0 aliphatic carbocycles. The van der Waals surface area contributed by atoms with Gasteiger partial charge in [0.25, 0.3) is 0 Å². The van der Waals surface area contributed by atoms with Crippen LogP contribution in [0.2, 0.25) is 0 Å². The smallest absolute Gasteiger partial charge is 0.345 e. The SMILES string of the molecule is C.CCOP(=O)(OCC)C(C=O)C1=CS(=O)c2ccc(C)cc21.CNc1ccc2ccccc2c1. The van der Waals surface area contributed by atoms with Crippen LogP contribution in [0, 0.1) is 6.92 Å². The van der Waals surface area contributed by atoms with Crippen molar-refractivity contribution in [3.63, 3.8) is 0 Å². The van der Waals surface area contributed by atoms with E-state index in [1.807, 2.05) is 26.1 Å². The first-order chi connectivity index (χ1) is 16.4. The van der Waals surface area contributed by atoms with E-state index in [9.17, 15) is 13.6 Å². The Balaban J connectivity index is 0.000000280. The van der Waals surface area contributed by atoms with Crippen molar-refractivity contribution in [2.24, 2.45) is 0 Å². The van der Waals surface area contributed by atoms with Crippen LogP contribution in [-0.2, 0) is 29.2 Å². The third-order valence-corrected chi connectivity index (χ3v) is 8.92. The van der Waals surface area contributed by atoms with Crippen molar-refractivity contribution in [2.75, 3.05) is 25.6 Å². The highest BCUT2D eigenvalue weighted by Crippen LogP contribution is 2.57. The zero-order valence-corrected chi connectivity index (χ0v) is 21.5. The van der Waals surface area contributed by atoms with Gasteiger partial charge < -0.3 is 19.2 Å². The summed E-state index contributed by atoms with van der Waals surface area (Å²) in [6.45, 7) is 5.61. The van der Waals surface area contributed by atoms with Gasteiger partial charge in [0, 0.05) is 18.1 Å². The number of hydrogen-bond donors (Lipinski definition) is 1. The summed E-state index contributed by atoms with van der Waals surface area (Å²) in [7, 11) is -3.07. The fourth-order valence-electron chi connectivity index (χ4n) is 3.74. The van der Waals surface area contributed by atoms with Gasteiger partial charge in [-0.3, -0.25) is 4.57 Å². The van der Waals surface area contributed by atoms with E-state index in [2.05, 4.69) is 47.8 Å². The number of rotatable bonds is 8. The molecule has 0 spiro atoms. The Labute approximate surface area is 210 Å². The Bertz CT molecular complexity index is 1260. The maximum atomic E-state index is 12.9. The standard InChI is InChI=1S/C15H19O5PS.C11H11N.CH4/c1-4-19-21(17,20-5-2)14(9-16)13-10-22(18)15-7-6-11(3)8-12(13)15;1-12-11-7-6-9-4-2-3-5-10(9)8-11;/h6-10,14H,4-5H2,1-3H3;2-8,12H,1H3;1H4. The van der Waals surface area contributed by atoms with Crippen LogP contribution in [0.15, 0.2) is 71.0 Å². The maximum absolute atomic E-state index is 12.9. The van der Waals surface area contributed by atoms with E-state index in [1.165, 1.54) is 16.2 Å². The van der Waals surface area contributed by atoms with E-state index >= 15 is 0 Å². The van der Waals surface area contributed by atoms with Crippen LogP contribution in [0.3, 0.4) is 0 Å². The van der Waals surface area contributed by atoms with Gasteiger partial charge in [0.15, 0.2) is 0 Å². The lowest BCUT2D eigenvalue weighted by atomic mass is 10.0. The van der Waals surface area contributed by atoms with E-state index in [0.717, 1.165) is 11.3 Å². The lowest BCUT2D eigenvalue weighted by Crippen LogP contribution is -2.16. The van der Waals surface area contributed by atoms with Crippen molar-refractivity contribution >= 4 is 46.7 Å². The predicted octanol–water partition coefficient (Wildman–Crippen LogP) is 6.81. The Morgan fingerprint density at radius 1 is 1.00 bits per heavy atom. The Kier molecular flexibility index (Phi) is 10.6. The maximum Gasteiger partial charge on any atom is 0.345 e. The van der Waals surface area contributed by atoms with Gasteiger partial charge in [0.1, 0.15) is 11.9 Å². The second-order valence-electron chi connectivity index (χ2n) is 7.64. The zero-order valence-electron chi connectivity index (χ0n) is 19.8. The Morgan fingerprint density at radius 3 is 2.26 bits per heavy atom. The van der Waals surface area contributed by atoms with Crippen LogP contribution in [-0.4, -0.2) is 36.4 Å². The van der Waals surface area contributed by atoms with Crippen molar-refractivity contribution in [2.45, 2.75) is 38.8 Å². The molecule has 35 heavy (non-hydrogen) atoms. The highest BCUT2D eigenvalue weighted by Gasteiger charge is 2.41. The number of aldehydes is 1. The van der Waals surface area contributed by atoms with Crippen molar-refractivity contribution in [1.29, 1.82) is 0 Å². The third-order valence-electron chi connectivity index (χ3n) is 5.34. The summed E-state index contributed by atoms with van der Waals surface area (Å²) in [4.78, 5) is 12.2. The second-order valence-corrected chi connectivity index (χ2v) is 11.1. The molecule has 8 heteroatoms. The van der Waals surface area contributed by atoms with Gasteiger partial charge in [-0.25, -0.2) is 4.21 Å². The molecule has 0 saturated heterocycles. The summed E-state index contributed by atoms with van der Waals surface area (Å²) in [5, 5.41) is 7.16. The third kappa shape index (κ3) is 6.56. The normalized spacial score (nSPS) is 15.2. The molecule has 188 valence electrons. The van der Waals surface area contributed by atoms with Crippen LogP contribution in [0.25, 0.3) is 16.3 Å². The van der Waals surface area contributed by atoms with Crippen molar-refractivity contribution in [3.05, 3.63) is 77.2 Å². The summed E-state index contributed by atoms with van der Waals surface area (Å²) in [6, 6.07) is 20.2. The van der Waals surface area contributed by atoms with Crippen LogP contribution in [0.5, 0.6) is 0 Å². The fourth-order valence-corrected chi connectivity index (χ4v) is 6.88. The van der Waals surface area contributed by atoms with Crippen molar-refractivity contribution in [1.82, 2.24) is 0 Å². The van der Waals surface area contributed by atoms with Crippen LogP contribution >= 0.6 is 7.60 Å². The van der Waals surface area contributed by atoms with E-state index < -0.39 is 24.1 Å². The van der Waals surface area contributed by atoms with Crippen molar-refractivity contribution in [3.8, 4) is 0 Å². The molecule has 3 aromatic rings. The first-order valence-electron chi connectivity index (χ1n) is 11.1. The van der Waals surface area contributed by atoms with E-state index in [-0.39, 0.29) is 20.6 Å². The average molecular weight is 516 g/mol. The van der Waals surface area contributed by atoms with Gasteiger partial charge in [-0.15, -0.1) is 0 Å². The zero-order chi connectivity index (χ0) is 24.7. The van der Waals surface area contributed by atoms with Gasteiger partial charge >= 0.3 is 7.60 Å². The predicted molar refractivity (Wildman–Crippen MR) is 147 cm³/mol. The number of aryl methyl sites for hydroxylation is 1. The average Bonchev–Trinajstić information content (AvgIpc) is 3.15. The number of allylic oxidation sites excluding steroid dienone is 1. The molecular formula is C27H34NO5PS. The molecule has 0 amide bonds. The van der Waals surface area contributed by atoms with Crippen LogP contribution in [0.1, 0.15) is 32.4 Å². The van der Waals surface area contributed by atoms with Crippen LogP contribution in [0.4, 0.5) is 5.69 Å². The number of benzene rings is 3. The highest BCUT2D eigenvalue weighted by atomic mass is 32.2. The summed E-state index contributed by atoms with van der Waals surface area (Å²) in [6.07, 6.45) is 0.562. The first-order valence-corrected chi connectivity index (χ1v) is 13.9. The number of carbonyl (C=O) groups is 1. The van der Waals surface area contributed by atoms with Crippen LogP contribution < -0.4 is 5.32 Å². The molecule has 0 fully saturated rings. The van der Waals surface area contributed by atoms with Gasteiger partial charge in [-0.2, -0.15) is 0 Å². The molecule has 2 atom stereocenters. The van der Waals surface area contributed by atoms with E-state index in [0.29, 0.717) is 22.3 Å². The molecule has 0 saturated carbocycles. The summed E-state index contributed by atoms with van der Waals surface area (Å²) in [5.41, 5.74) is 2.19. The molecule has 3 aromatic carbocycles. The van der Waals surface area contributed by atoms with E-state index in [4.69, 9.17) is 9.05 Å².